The smallest absolute Gasteiger partial charge is 0.333 e. The van der Waals surface area contributed by atoms with Gasteiger partial charge in [-0.15, -0.1) is 0 Å². The van der Waals surface area contributed by atoms with Gasteiger partial charge in [-0.1, -0.05) is 13.5 Å². The summed E-state index contributed by atoms with van der Waals surface area (Å²) in [6, 6.07) is 0. The van der Waals surface area contributed by atoms with E-state index in [-0.39, 0.29) is 5.97 Å². The van der Waals surface area contributed by atoms with Gasteiger partial charge in [-0.05, 0) is 51.4 Å². The lowest BCUT2D eigenvalue weighted by molar-refractivity contribution is -0.180. The Morgan fingerprint density at radius 3 is 2.61 bits per heavy atom. The van der Waals surface area contributed by atoms with Crippen LogP contribution in [0.4, 0.5) is 0 Å². The Morgan fingerprint density at radius 1 is 1.39 bits per heavy atom. The first kappa shape index (κ1) is 13.6. The molecule has 2 rings (SSSR count). The van der Waals surface area contributed by atoms with Crippen LogP contribution in [-0.4, -0.2) is 22.3 Å². The van der Waals surface area contributed by atoms with Crippen molar-refractivity contribution in [3.63, 3.8) is 0 Å². The number of esters is 1. The van der Waals surface area contributed by atoms with Crippen molar-refractivity contribution in [3.05, 3.63) is 12.2 Å². The predicted molar refractivity (Wildman–Crippen MR) is 70.0 cm³/mol. The molecule has 2 fully saturated rings. The molecule has 102 valence electrons. The van der Waals surface area contributed by atoms with Crippen molar-refractivity contribution in [1.29, 1.82) is 0 Å². The molecule has 3 nitrogen and oxygen atoms in total. The van der Waals surface area contributed by atoms with Crippen LogP contribution in [0.25, 0.3) is 0 Å². The number of carbonyl (C=O) groups excluding carboxylic acids is 1. The molecule has 3 heteroatoms. The van der Waals surface area contributed by atoms with Crippen LogP contribution in [0.2, 0.25) is 0 Å². The quantitative estimate of drug-likeness (QED) is 0.607. The van der Waals surface area contributed by atoms with Gasteiger partial charge in [-0.3, -0.25) is 0 Å². The number of aliphatic hydroxyl groups is 1. The van der Waals surface area contributed by atoms with Gasteiger partial charge >= 0.3 is 5.97 Å². The lowest BCUT2D eigenvalue weighted by Crippen LogP contribution is -2.53. The van der Waals surface area contributed by atoms with E-state index >= 15 is 0 Å². The van der Waals surface area contributed by atoms with Crippen LogP contribution in [0.1, 0.15) is 52.9 Å². The second-order valence-corrected chi connectivity index (χ2v) is 6.84. The third-order valence-electron chi connectivity index (χ3n) is 4.24. The van der Waals surface area contributed by atoms with E-state index in [0.717, 1.165) is 25.7 Å². The molecule has 0 aliphatic heterocycles. The lowest BCUT2D eigenvalue weighted by Gasteiger charge is -2.51. The van der Waals surface area contributed by atoms with Gasteiger partial charge in [0.15, 0.2) is 0 Å². The molecule has 2 bridgehead atoms. The number of ether oxygens (including phenoxy) is 1. The van der Waals surface area contributed by atoms with Gasteiger partial charge in [0.05, 0.1) is 5.60 Å². The first-order valence-electron chi connectivity index (χ1n) is 6.83. The fourth-order valence-corrected chi connectivity index (χ4v) is 4.07. The summed E-state index contributed by atoms with van der Waals surface area (Å²) in [7, 11) is 0. The van der Waals surface area contributed by atoms with E-state index in [0.29, 0.717) is 23.8 Å². The van der Waals surface area contributed by atoms with E-state index in [9.17, 15) is 9.90 Å². The number of rotatable bonds is 2. The highest BCUT2D eigenvalue weighted by molar-refractivity contribution is 5.87. The SMILES string of the molecule is C=C(C)C(=O)OC1(C)CC2CC(C)CC(O)(C2)C1. The average molecular weight is 252 g/mol. The minimum atomic E-state index is -0.648. The molecular weight excluding hydrogens is 228 g/mol. The molecule has 2 saturated carbocycles. The van der Waals surface area contributed by atoms with Gasteiger partial charge in [0.1, 0.15) is 5.60 Å². The summed E-state index contributed by atoms with van der Waals surface area (Å²) in [6.45, 7) is 9.41. The summed E-state index contributed by atoms with van der Waals surface area (Å²) in [4.78, 5) is 11.7. The normalized spacial score (nSPS) is 43.3. The Labute approximate surface area is 109 Å². The molecule has 4 unspecified atom stereocenters. The standard InChI is InChI=1S/C15H24O3/c1-10(2)13(16)18-14(4)7-12-5-11(3)6-15(17,8-12)9-14/h11-12,17H,1,5-9H2,2-4H3. The minimum absolute atomic E-state index is 0.339. The first-order chi connectivity index (χ1) is 8.21. The van der Waals surface area contributed by atoms with E-state index in [4.69, 9.17) is 4.74 Å². The number of fused-ring (bicyclic) bond motifs is 2. The minimum Gasteiger partial charge on any atom is -0.456 e. The Bertz CT molecular complexity index is 372. The van der Waals surface area contributed by atoms with Crippen LogP contribution >= 0.6 is 0 Å². The Kier molecular flexibility index (Phi) is 3.30. The monoisotopic (exact) mass is 252 g/mol. The average Bonchev–Trinajstić information content (AvgIpc) is 2.11. The second-order valence-electron chi connectivity index (χ2n) is 6.84. The third-order valence-corrected chi connectivity index (χ3v) is 4.24. The van der Waals surface area contributed by atoms with Crippen LogP contribution in [0, 0.1) is 11.8 Å². The fourth-order valence-electron chi connectivity index (χ4n) is 4.07. The van der Waals surface area contributed by atoms with E-state index in [1.807, 2.05) is 6.92 Å². The van der Waals surface area contributed by atoms with Gasteiger partial charge < -0.3 is 9.84 Å². The summed E-state index contributed by atoms with van der Waals surface area (Å²) < 4.78 is 5.58. The molecule has 0 radical (unpaired) electrons. The maximum Gasteiger partial charge on any atom is 0.333 e. The highest BCUT2D eigenvalue weighted by Crippen LogP contribution is 2.50. The van der Waals surface area contributed by atoms with Crippen molar-refractivity contribution in [1.82, 2.24) is 0 Å². The number of carbonyl (C=O) groups is 1. The van der Waals surface area contributed by atoms with Crippen LogP contribution in [0.5, 0.6) is 0 Å². The van der Waals surface area contributed by atoms with Gasteiger partial charge in [-0.25, -0.2) is 4.79 Å². The van der Waals surface area contributed by atoms with Crippen molar-refractivity contribution < 1.29 is 14.6 Å². The lowest BCUT2D eigenvalue weighted by atomic mass is 9.61. The number of hydrogen-bond acceptors (Lipinski definition) is 3. The van der Waals surface area contributed by atoms with E-state index in [1.54, 1.807) is 6.92 Å². The van der Waals surface area contributed by atoms with Crippen molar-refractivity contribution in [2.75, 3.05) is 0 Å². The van der Waals surface area contributed by atoms with Crippen LogP contribution in [-0.2, 0) is 9.53 Å². The summed E-state index contributed by atoms with van der Waals surface area (Å²) >= 11 is 0. The van der Waals surface area contributed by atoms with Crippen LogP contribution in [0.3, 0.4) is 0 Å². The Balaban J connectivity index is 2.12. The third kappa shape index (κ3) is 2.77. The van der Waals surface area contributed by atoms with E-state index in [1.165, 1.54) is 0 Å². The maximum atomic E-state index is 11.7. The van der Waals surface area contributed by atoms with Crippen molar-refractivity contribution in [2.45, 2.75) is 64.1 Å². The maximum absolute atomic E-state index is 11.7. The molecule has 0 aromatic heterocycles. The van der Waals surface area contributed by atoms with Crippen LogP contribution in [0.15, 0.2) is 12.2 Å². The molecule has 0 heterocycles. The highest BCUT2D eigenvalue weighted by atomic mass is 16.6. The molecule has 1 N–H and O–H groups in total. The molecule has 0 spiro atoms. The summed E-state index contributed by atoms with van der Waals surface area (Å²) in [5.41, 5.74) is -0.759. The van der Waals surface area contributed by atoms with Gasteiger partial charge in [-0.2, -0.15) is 0 Å². The zero-order valence-corrected chi connectivity index (χ0v) is 11.7. The molecule has 0 aromatic rings. The topological polar surface area (TPSA) is 46.5 Å². The zero-order valence-electron chi connectivity index (χ0n) is 11.7. The van der Waals surface area contributed by atoms with Gasteiger partial charge in [0, 0.05) is 12.0 Å². The predicted octanol–water partition coefficient (Wildman–Crippen LogP) is 2.83. The van der Waals surface area contributed by atoms with Crippen molar-refractivity contribution in [2.24, 2.45) is 11.8 Å². The molecule has 2 aliphatic rings. The molecule has 0 saturated heterocycles. The van der Waals surface area contributed by atoms with Crippen molar-refractivity contribution in [3.8, 4) is 0 Å². The second kappa shape index (κ2) is 4.37. The molecule has 0 aromatic carbocycles. The van der Waals surface area contributed by atoms with Crippen molar-refractivity contribution >= 4 is 5.97 Å². The fraction of sp³-hybridized carbons (Fsp3) is 0.800. The van der Waals surface area contributed by atoms with Gasteiger partial charge in [0.25, 0.3) is 0 Å². The molecule has 2 aliphatic carbocycles. The van der Waals surface area contributed by atoms with Gasteiger partial charge in [0.2, 0.25) is 0 Å². The Morgan fingerprint density at radius 2 is 2.06 bits per heavy atom. The largest absolute Gasteiger partial charge is 0.456 e. The zero-order chi connectivity index (χ0) is 13.6. The molecule has 4 atom stereocenters. The summed E-state index contributed by atoms with van der Waals surface area (Å²) in [5, 5.41) is 10.6. The molecule has 0 amide bonds. The van der Waals surface area contributed by atoms with Crippen LogP contribution < -0.4 is 0 Å². The van der Waals surface area contributed by atoms with E-state index in [2.05, 4.69) is 13.5 Å². The number of hydrogen-bond donors (Lipinski definition) is 1. The molecule has 18 heavy (non-hydrogen) atoms. The first-order valence-corrected chi connectivity index (χ1v) is 6.83. The van der Waals surface area contributed by atoms with E-state index < -0.39 is 11.2 Å². The molecular formula is C15H24O3. The summed E-state index contributed by atoms with van der Waals surface area (Å²) in [6.07, 6.45) is 4.22. The highest BCUT2D eigenvalue weighted by Gasteiger charge is 2.50. The summed E-state index contributed by atoms with van der Waals surface area (Å²) in [5.74, 6) is 0.694. The Hall–Kier alpha value is -0.830.